The van der Waals surface area contributed by atoms with Gasteiger partial charge in [-0.3, -0.25) is 9.80 Å². The molecule has 12 heavy (non-hydrogen) atoms. The molecular weight excluding hydrogens is 152 g/mol. The first kappa shape index (κ1) is 8.44. The van der Waals surface area contributed by atoms with Crippen LogP contribution in [0.5, 0.6) is 0 Å². The average Bonchev–Trinajstić information content (AvgIpc) is 2.07. The van der Waals surface area contributed by atoms with E-state index in [0.29, 0.717) is 12.1 Å². The Morgan fingerprint density at radius 3 is 1.75 bits per heavy atom. The summed E-state index contributed by atoms with van der Waals surface area (Å²) in [4.78, 5) is 4.77. The molecule has 4 nitrogen and oxygen atoms in total. The summed E-state index contributed by atoms with van der Waals surface area (Å²) in [7, 11) is 4.37. The van der Waals surface area contributed by atoms with Gasteiger partial charge in [0.1, 0.15) is 0 Å². The van der Waals surface area contributed by atoms with Gasteiger partial charge in [0.05, 0.1) is 0 Å². The van der Waals surface area contributed by atoms with E-state index in [2.05, 4.69) is 34.5 Å². The van der Waals surface area contributed by atoms with Gasteiger partial charge in [-0.25, -0.2) is 0 Å². The molecule has 2 N–H and O–H groups in total. The van der Waals surface area contributed by atoms with Crippen molar-refractivity contribution >= 4 is 0 Å². The smallest absolute Gasteiger partial charge is 0.0482 e. The predicted octanol–water partition coefficient (Wildman–Crippen LogP) is -1.29. The van der Waals surface area contributed by atoms with Gasteiger partial charge < -0.3 is 10.6 Å². The van der Waals surface area contributed by atoms with Crippen LogP contribution in [0.25, 0.3) is 0 Å². The summed E-state index contributed by atoms with van der Waals surface area (Å²) in [5, 5.41) is 6.84. The van der Waals surface area contributed by atoms with Crippen molar-refractivity contribution in [2.45, 2.75) is 12.1 Å². The fourth-order valence-corrected chi connectivity index (χ4v) is 2.18. The van der Waals surface area contributed by atoms with Gasteiger partial charge in [0.2, 0.25) is 0 Å². The number of nitrogens with one attached hydrogen (secondary N) is 2. The Morgan fingerprint density at radius 1 is 0.917 bits per heavy atom. The van der Waals surface area contributed by atoms with Crippen LogP contribution in [0, 0.1) is 0 Å². The van der Waals surface area contributed by atoms with Gasteiger partial charge >= 0.3 is 0 Å². The van der Waals surface area contributed by atoms with Crippen molar-refractivity contribution in [3.63, 3.8) is 0 Å². The standard InChI is InChI=1S/C8H18N4/c1-11-5-9-4-8-7(11)3-10-6-12(8)2/h7-10H,3-6H2,1-2H3. The van der Waals surface area contributed by atoms with Crippen molar-refractivity contribution in [2.24, 2.45) is 0 Å². The van der Waals surface area contributed by atoms with Crippen LogP contribution in [0.1, 0.15) is 0 Å². The minimum atomic E-state index is 0.685. The van der Waals surface area contributed by atoms with E-state index in [1.807, 2.05) is 0 Å². The average molecular weight is 170 g/mol. The molecule has 2 aliphatic heterocycles. The number of hydrogen-bond acceptors (Lipinski definition) is 4. The molecule has 2 fully saturated rings. The van der Waals surface area contributed by atoms with Crippen LogP contribution in [-0.4, -0.2) is 62.4 Å². The molecule has 0 aromatic heterocycles. The molecule has 2 heterocycles. The molecule has 0 radical (unpaired) electrons. The topological polar surface area (TPSA) is 30.5 Å². The summed E-state index contributed by atoms with van der Waals surface area (Å²) < 4.78 is 0. The van der Waals surface area contributed by atoms with Crippen molar-refractivity contribution in [1.29, 1.82) is 0 Å². The van der Waals surface area contributed by atoms with Gasteiger partial charge in [0.15, 0.2) is 0 Å². The molecule has 4 heteroatoms. The molecular formula is C8H18N4. The molecule has 2 saturated heterocycles. The van der Waals surface area contributed by atoms with Crippen molar-refractivity contribution in [3.8, 4) is 0 Å². The minimum absolute atomic E-state index is 0.685. The molecule has 0 saturated carbocycles. The maximum atomic E-state index is 3.42. The van der Waals surface area contributed by atoms with Gasteiger partial charge in [-0.05, 0) is 14.1 Å². The van der Waals surface area contributed by atoms with Crippen molar-refractivity contribution in [1.82, 2.24) is 20.4 Å². The number of hydrogen-bond donors (Lipinski definition) is 2. The summed E-state index contributed by atoms with van der Waals surface area (Å²) in [5.74, 6) is 0. The van der Waals surface area contributed by atoms with Crippen LogP contribution in [0.3, 0.4) is 0 Å². The van der Waals surface area contributed by atoms with E-state index < -0.39 is 0 Å². The lowest BCUT2D eigenvalue weighted by Gasteiger charge is -2.47. The highest BCUT2D eigenvalue weighted by atomic mass is 15.4. The Hall–Kier alpha value is -0.160. The summed E-state index contributed by atoms with van der Waals surface area (Å²) in [6.45, 7) is 4.31. The van der Waals surface area contributed by atoms with Crippen LogP contribution in [0.15, 0.2) is 0 Å². The lowest BCUT2D eigenvalue weighted by molar-refractivity contribution is 0.0346. The third-order valence-electron chi connectivity index (χ3n) is 3.01. The quantitative estimate of drug-likeness (QED) is 0.473. The van der Waals surface area contributed by atoms with E-state index in [4.69, 9.17) is 0 Å². The molecule has 0 aliphatic carbocycles. The number of likely N-dealkylation sites (N-methyl/N-ethyl adjacent to an activating group) is 2. The largest absolute Gasteiger partial charge is 0.303 e. The third kappa shape index (κ3) is 1.35. The van der Waals surface area contributed by atoms with Crippen LogP contribution in [0.4, 0.5) is 0 Å². The zero-order valence-corrected chi connectivity index (χ0v) is 7.88. The highest BCUT2D eigenvalue weighted by molar-refractivity contribution is 4.93. The van der Waals surface area contributed by atoms with E-state index in [1.54, 1.807) is 0 Å². The first-order valence-electron chi connectivity index (χ1n) is 4.61. The Balaban J connectivity index is 2.05. The van der Waals surface area contributed by atoms with Crippen molar-refractivity contribution in [3.05, 3.63) is 0 Å². The highest BCUT2D eigenvalue weighted by Crippen LogP contribution is 2.13. The zero-order valence-electron chi connectivity index (χ0n) is 7.88. The second kappa shape index (κ2) is 3.30. The molecule has 0 aromatic carbocycles. The van der Waals surface area contributed by atoms with E-state index in [9.17, 15) is 0 Å². The van der Waals surface area contributed by atoms with E-state index in [0.717, 1.165) is 26.4 Å². The van der Waals surface area contributed by atoms with Crippen LogP contribution in [0.2, 0.25) is 0 Å². The van der Waals surface area contributed by atoms with Gasteiger partial charge in [-0.1, -0.05) is 0 Å². The van der Waals surface area contributed by atoms with Crippen molar-refractivity contribution in [2.75, 3.05) is 40.5 Å². The van der Waals surface area contributed by atoms with Gasteiger partial charge in [-0.2, -0.15) is 0 Å². The third-order valence-corrected chi connectivity index (χ3v) is 3.01. The number of nitrogens with zero attached hydrogens (tertiary/aromatic N) is 2. The summed E-state index contributed by atoms with van der Waals surface area (Å²) >= 11 is 0. The van der Waals surface area contributed by atoms with E-state index in [1.165, 1.54) is 0 Å². The van der Waals surface area contributed by atoms with Gasteiger partial charge in [-0.15, -0.1) is 0 Å². The number of fused-ring (bicyclic) bond motifs is 1. The Labute approximate surface area is 73.9 Å². The minimum Gasteiger partial charge on any atom is -0.303 e. The Kier molecular flexibility index (Phi) is 2.32. The normalized spacial score (nSPS) is 39.5. The fourth-order valence-electron chi connectivity index (χ4n) is 2.18. The van der Waals surface area contributed by atoms with Crippen LogP contribution < -0.4 is 10.6 Å². The molecule has 0 amide bonds. The fraction of sp³-hybridized carbons (Fsp3) is 1.00. The maximum absolute atomic E-state index is 3.42. The lowest BCUT2D eigenvalue weighted by atomic mass is 10.0. The van der Waals surface area contributed by atoms with E-state index in [-0.39, 0.29) is 0 Å². The lowest BCUT2D eigenvalue weighted by Crippen LogP contribution is -2.67. The summed E-state index contributed by atoms with van der Waals surface area (Å²) in [6, 6.07) is 1.37. The molecule has 2 rings (SSSR count). The molecule has 0 aromatic rings. The molecule has 2 unspecified atom stereocenters. The van der Waals surface area contributed by atoms with Crippen LogP contribution >= 0.6 is 0 Å². The van der Waals surface area contributed by atoms with Crippen molar-refractivity contribution < 1.29 is 0 Å². The maximum Gasteiger partial charge on any atom is 0.0482 e. The SMILES string of the molecule is CN1CNCC2C1CNCN2C. The predicted molar refractivity (Wildman–Crippen MR) is 48.8 cm³/mol. The van der Waals surface area contributed by atoms with Gasteiger partial charge in [0.25, 0.3) is 0 Å². The van der Waals surface area contributed by atoms with Crippen LogP contribution in [-0.2, 0) is 0 Å². The second-order valence-electron chi connectivity index (χ2n) is 3.87. The molecule has 2 atom stereocenters. The molecule has 2 aliphatic rings. The summed E-state index contributed by atoms with van der Waals surface area (Å²) in [5.41, 5.74) is 0. The zero-order chi connectivity index (χ0) is 8.55. The van der Waals surface area contributed by atoms with E-state index >= 15 is 0 Å². The molecule has 0 spiro atoms. The Morgan fingerprint density at radius 2 is 1.33 bits per heavy atom. The Bertz CT molecular complexity index is 143. The number of rotatable bonds is 0. The van der Waals surface area contributed by atoms with Gasteiger partial charge in [0, 0.05) is 38.5 Å². The highest BCUT2D eigenvalue weighted by Gasteiger charge is 2.33. The molecule has 70 valence electrons. The molecule has 0 bridgehead atoms. The first-order chi connectivity index (χ1) is 5.79. The second-order valence-corrected chi connectivity index (χ2v) is 3.87. The monoisotopic (exact) mass is 170 g/mol. The summed E-state index contributed by atoms with van der Waals surface area (Å²) in [6.07, 6.45) is 0. The first-order valence-corrected chi connectivity index (χ1v) is 4.61.